The maximum Gasteiger partial charge on any atom is 0.472 e. The Balaban J connectivity index is 3.94. The van der Waals surface area contributed by atoms with Gasteiger partial charge in [-0.2, -0.15) is 0 Å². The molecule has 0 amide bonds. The van der Waals surface area contributed by atoms with E-state index >= 15 is 0 Å². The van der Waals surface area contributed by atoms with Crippen LogP contribution in [0.1, 0.15) is 296 Å². The van der Waals surface area contributed by atoms with Gasteiger partial charge in [0, 0.05) is 19.4 Å². The van der Waals surface area contributed by atoms with Crippen LogP contribution in [0.5, 0.6) is 0 Å². The lowest BCUT2D eigenvalue weighted by molar-refractivity contribution is -0.161. The zero-order valence-electron chi connectivity index (χ0n) is 41.8. The molecule has 9 nitrogen and oxygen atoms in total. The molecule has 3 N–H and O–H groups in total. The number of ether oxygens (including phenoxy) is 2. The van der Waals surface area contributed by atoms with E-state index in [-0.39, 0.29) is 38.6 Å². The van der Waals surface area contributed by atoms with Crippen LogP contribution in [0.15, 0.2) is 0 Å². The van der Waals surface area contributed by atoms with Gasteiger partial charge in [-0.25, -0.2) is 4.57 Å². The molecule has 0 saturated carbocycles. The first-order valence-corrected chi connectivity index (χ1v) is 29.0. The van der Waals surface area contributed by atoms with Crippen LogP contribution >= 0.6 is 7.82 Å². The molecule has 0 heterocycles. The molecule has 2 atom stereocenters. The quantitative estimate of drug-likeness (QED) is 0.0347. The number of phosphoric ester groups is 1. The second-order valence-corrected chi connectivity index (χ2v) is 20.3. The van der Waals surface area contributed by atoms with Crippen LogP contribution in [-0.2, 0) is 32.7 Å². The molecule has 0 saturated heterocycles. The molecular formula is C53H106NO8P. The van der Waals surface area contributed by atoms with E-state index in [0.29, 0.717) is 6.42 Å². The Bertz CT molecular complexity index is 1000. The minimum atomic E-state index is -4.38. The van der Waals surface area contributed by atoms with Gasteiger partial charge in [-0.1, -0.05) is 271 Å². The average Bonchev–Trinajstić information content (AvgIpc) is 3.27. The fraction of sp³-hybridized carbons (Fsp3) is 0.962. The number of nitrogens with two attached hydrogens (primary N) is 1. The van der Waals surface area contributed by atoms with Crippen molar-refractivity contribution in [2.24, 2.45) is 5.73 Å². The van der Waals surface area contributed by atoms with Crippen LogP contribution in [0.4, 0.5) is 0 Å². The second kappa shape index (κ2) is 50.4. The SMILES string of the molecule is CCCCCCCCCCCCCCCCCCCCCCCCC(=O)OC(COC(=O)CCCCCCCCCCCCCCCCCCCCCC)COP(=O)(O)OCCN. The lowest BCUT2D eigenvalue weighted by atomic mass is 10.0. The van der Waals surface area contributed by atoms with Crippen LogP contribution in [-0.4, -0.2) is 49.3 Å². The third-order valence-corrected chi connectivity index (χ3v) is 13.5. The molecule has 0 spiro atoms. The number of hydrogen-bond donors (Lipinski definition) is 2. The van der Waals surface area contributed by atoms with Crippen LogP contribution in [0, 0.1) is 0 Å². The van der Waals surface area contributed by atoms with E-state index in [0.717, 1.165) is 32.1 Å². The summed E-state index contributed by atoms with van der Waals surface area (Å²) in [7, 11) is -4.38. The Morgan fingerprint density at radius 2 is 0.683 bits per heavy atom. The van der Waals surface area contributed by atoms with Crippen molar-refractivity contribution in [1.29, 1.82) is 0 Å². The van der Waals surface area contributed by atoms with E-state index in [1.54, 1.807) is 0 Å². The normalized spacial score (nSPS) is 13.0. The van der Waals surface area contributed by atoms with Crippen molar-refractivity contribution in [2.45, 2.75) is 302 Å². The monoisotopic (exact) mass is 916 g/mol. The Labute approximate surface area is 390 Å². The summed E-state index contributed by atoms with van der Waals surface area (Å²) in [5.41, 5.74) is 5.38. The number of unbranched alkanes of at least 4 members (excludes halogenated alkanes) is 40. The standard InChI is InChI=1S/C53H106NO8P/c1-3-5-7-9-11-13-15-17-19-21-23-25-26-28-30-32-34-36-38-40-42-44-46-53(56)62-51(50-61-63(57,58)60-48-47-54)49-59-52(55)45-43-41-39-37-35-33-31-29-27-24-22-20-18-16-14-12-10-8-6-4-2/h51H,3-50,54H2,1-2H3,(H,57,58). The summed E-state index contributed by atoms with van der Waals surface area (Å²) in [5.74, 6) is -0.804. The molecular weight excluding hydrogens is 810 g/mol. The maximum absolute atomic E-state index is 12.7. The zero-order chi connectivity index (χ0) is 46.0. The summed E-state index contributed by atoms with van der Waals surface area (Å²) >= 11 is 0. The highest BCUT2D eigenvalue weighted by molar-refractivity contribution is 7.47. The molecule has 0 aliphatic carbocycles. The first-order chi connectivity index (χ1) is 30.8. The van der Waals surface area contributed by atoms with Crippen molar-refractivity contribution in [3.63, 3.8) is 0 Å². The van der Waals surface area contributed by atoms with Crippen molar-refractivity contribution in [1.82, 2.24) is 0 Å². The molecule has 0 aromatic carbocycles. The molecule has 2 unspecified atom stereocenters. The van der Waals surface area contributed by atoms with Gasteiger partial charge in [-0.15, -0.1) is 0 Å². The van der Waals surface area contributed by atoms with Gasteiger partial charge >= 0.3 is 19.8 Å². The van der Waals surface area contributed by atoms with Gasteiger partial charge in [-0.3, -0.25) is 18.6 Å². The predicted molar refractivity (Wildman–Crippen MR) is 266 cm³/mol. The molecule has 0 aliphatic rings. The van der Waals surface area contributed by atoms with Crippen molar-refractivity contribution in [2.75, 3.05) is 26.4 Å². The van der Waals surface area contributed by atoms with Gasteiger partial charge in [-0.05, 0) is 12.8 Å². The summed E-state index contributed by atoms with van der Waals surface area (Å²) in [5, 5.41) is 0. The lowest BCUT2D eigenvalue weighted by Gasteiger charge is -2.19. The number of hydrogen-bond acceptors (Lipinski definition) is 8. The zero-order valence-corrected chi connectivity index (χ0v) is 42.7. The van der Waals surface area contributed by atoms with Crippen LogP contribution < -0.4 is 5.73 Å². The maximum atomic E-state index is 12.7. The third kappa shape index (κ3) is 50.3. The molecule has 0 rings (SSSR count). The highest BCUT2D eigenvalue weighted by atomic mass is 31.2. The molecule has 0 fully saturated rings. The summed E-state index contributed by atoms with van der Waals surface area (Å²) in [6, 6.07) is 0. The number of esters is 2. The van der Waals surface area contributed by atoms with Gasteiger partial charge in [0.2, 0.25) is 0 Å². The van der Waals surface area contributed by atoms with Gasteiger partial charge in [0.1, 0.15) is 6.61 Å². The fourth-order valence-corrected chi connectivity index (χ4v) is 9.17. The van der Waals surface area contributed by atoms with Crippen molar-refractivity contribution in [3.8, 4) is 0 Å². The van der Waals surface area contributed by atoms with E-state index in [9.17, 15) is 19.0 Å². The Morgan fingerprint density at radius 3 is 0.968 bits per heavy atom. The molecule has 376 valence electrons. The van der Waals surface area contributed by atoms with Crippen molar-refractivity contribution < 1.29 is 37.6 Å². The van der Waals surface area contributed by atoms with Gasteiger partial charge < -0.3 is 20.1 Å². The summed E-state index contributed by atoms with van der Waals surface area (Å²) < 4.78 is 33.0. The summed E-state index contributed by atoms with van der Waals surface area (Å²) in [6.45, 7) is 3.82. The van der Waals surface area contributed by atoms with Crippen LogP contribution in [0.3, 0.4) is 0 Å². The molecule has 0 radical (unpaired) electrons. The van der Waals surface area contributed by atoms with Crippen molar-refractivity contribution in [3.05, 3.63) is 0 Å². The molecule has 0 aliphatic heterocycles. The van der Waals surface area contributed by atoms with Gasteiger partial charge in [0.15, 0.2) is 6.10 Å². The predicted octanol–water partition coefficient (Wildman–Crippen LogP) is 16.7. The largest absolute Gasteiger partial charge is 0.472 e. The minimum Gasteiger partial charge on any atom is -0.462 e. The number of rotatable bonds is 53. The molecule has 0 aromatic heterocycles. The fourth-order valence-electron chi connectivity index (χ4n) is 8.40. The first kappa shape index (κ1) is 62.0. The number of carbonyl (C=O) groups excluding carboxylic acids is 2. The average molecular weight is 916 g/mol. The summed E-state index contributed by atoms with van der Waals surface area (Å²) in [6.07, 6.45) is 54.3. The Morgan fingerprint density at radius 1 is 0.413 bits per heavy atom. The molecule has 0 aromatic rings. The van der Waals surface area contributed by atoms with Crippen LogP contribution in [0.25, 0.3) is 0 Å². The van der Waals surface area contributed by atoms with E-state index in [1.165, 1.54) is 231 Å². The lowest BCUT2D eigenvalue weighted by Crippen LogP contribution is -2.29. The summed E-state index contributed by atoms with van der Waals surface area (Å²) in [4.78, 5) is 35.1. The Kier molecular flexibility index (Phi) is 49.6. The Hall–Kier alpha value is -0.990. The molecule has 63 heavy (non-hydrogen) atoms. The first-order valence-electron chi connectivity index (χ1n) is 27.5. The number of phosphoric acid groups is 1. The third-order valence-electron chi connectivity index (χ3n) is 12.5. The smallest absolute Gasteiger partial charge is 0.462 e. The highest BCUT2D eigenvalue weighted by Crippen LogP contribution is 2.43. The molecule has 0 bridgehead atoms. The minimum absolute atomic E-state index is 0.0585. The molecule has 10 heteroatoms. The highest BCUT2D eigenvalue weighted by Gasteiger charge is 2.26. The van der Waals surface area contributed by atoms with E-state index in [2.05, 4.69) is 13.8 Å². The van der Waals surface area contributed by atoms with Gasteiger partial charge in [0.25, 0.3) is 0 Å². The van der Waals surface area contributed by atoms with Crippen molar-refractivity contribution >= 4 is 19.8 Å². The van der Waals surface area contributed by atoms with Crippen LogP contribution in [0.2, 0.25) is 0 Å². The van der Waals surface area contributed by atoms with Gasteiger partial charge in [0.05, 0.1) is 13.2 Å². The second-order valence-electron chi connectivity index (χ2n) is 18.8. The van der Waals surface area contributed by atoms with E-state index in [4.69, 9.17) is 24.3 Å². The van der Waals surface area contributed by atoms with E-state index in [1.807, 2.05) is 0 Å². The van der Waals surface area contributed by atoms with E-state index < -0.39 is 26.5 Å². The topological polar surface area (TPSA) is 134 Å². The number of carbonyl (C=O) groups is 2.